The topological polar surface area (TPSA) is 35.6 Å². The second kappa shape index (κ2) is 7.97. The van der Waals surface area contributed by atoms with Gasteiger partial charge in [-0.3, -0.25) is 9.69 Å². The Morgan fingerprint density at radius 1 is 1.33 bits per heavy atom. The van der Waals surface area contributed by atoms with Gasteiger partial charge in [-0.2, -0.15) is 0 Å². The molecule has 0 aromatic carbocycles. The molecule has 1 rings (SSSR count). The third kappa shape index (κ3) is 5.12. The lowest BCUT2D eigenvalue weighted by Crippen LogP contribution is -2.53. The summed E-state index contributed by atoms with van der Waals surface area (Å²) in [5.74, 6) is 0.254. The molecule has 1 fully saturated rings. The molecule has 18 heavy (non-hydrogen) atoms. The summed E-state index contributed by atoms with van der Waals surface area (Å²) in [7, 11) is 0. The van der Waals surface area contributed by atoms with Crippen LogP contribution in [0.15, 0.2) is 0 Å². The molecule has 0 saturated carbocycles. The van der Waals surface area contributed by atoms with Crippen LogP contribution in [-0.2, 0) is 4.79 Å². The number of halogens is 1. The zero-order chi connectivity index (χ0) is 13.0. The fourth-order valence-electron chi connectivity index (χ4n) is 2.60. The van der Waals surface area contributed by atoms with Crippen LogP contribution in [0.1, 0.15) is 34.6 Å². The first-order valence-electron chi connectivity index (χ1n) is 6.68. The molecular formula is C13H28ClN3O. The van der Waals surface area contributed by atoms with Crippen molar-refractivity contribution < 1.29 is 4.79 Å². The Labute approximate surface area is 117 Å². The van der Waals surface area contributed by atoms with Crippen LogP contribution in [0.5, 0.6) is 0 Å². The van der Waals surface area contributed by atoms with Crippen molar-refractivity contribution in [3.8, 4) is 0 Å². The predicted molar refractivity (Wildman–Crippen MR) is 78.3 cm³/mol. The van der Waals surface area contributed by atoms with Crippen molar-refractivity contribution in [3.05, 3.63) is 0 Å². The Balaban J connectivity index is 0.00000289. The highest BCUT2D eigenvalue weighted by molar-refractivity contribution is 5.85. The minimum Gasteiger partial charge on any atom is -0.337 e. The maximum Gasteiger partial charge on any atom is 0.237 e. The van der Waals surface area contributed by atoms with Crippen molar-refractivity contribution in [1.82, 2.24) is 15.1 Å². The number of carbonyl (C=O) groups is 1. The first-order chi connectivity index (χ1) is 7.91. The van der Waals surface area contributed by atoms with Gasteiger partial charge in [0.15, 0.2) is 0 Å². The van der Waals surface area contributed by atoms with E-state index < -0.39 is 0 Å². The second-order valence-corrected chi connectivity index (χ2v) is 5.58. The van der Waals surface area contributed by atoms with E-state index in [4.69, 9.17) is 0 Å². The average molecular weight is 278 g/mol. The third-order valence-corrected chi connectivity index (χ3v) is 3.21. The van der Waals surface area contributed by atoms with E-state index >= 15 is 0 Å². The molecule has 1 amide bonds. The molecule has 1 saturated heterocycles. The first kappa shape index (κ1) is 17.7. The largest absolute Gasteiger partial charge is 0.337 e. The zero-order valence-corrected chi connectivity index (χ0v) is 13.1. The fourth-order valence-corrected chi connectivity index (χ4v) is 2.60. The quantitative estimate of drug-likeness (QED) is 0.843. The van der Waals surface area contributed by atoms with Gasteiger partial charge in [0.25, 0.3) is 0 Å². The summed E-state index contributed by atoms with van der Waals surface area (Å²) in [5, 5.41) is 3.39. The smallest absolute Gasteiger partial charge is 0.237 e. The highest BCUT2D eigenvalue weighted by Crippen LogP contribution is 2.07. The molecule has 1 heterocycles. The maximum atomic E-state index is 12.3. The molecule has 0 spiro atoms. The minimum absolute atomic E-state index is 0. The molecule has 0 aromatic rings. The van der Waals surface area contributed by atoms with Gasteiger partial charge in [0, 0.05) is 37.8 Å². The van der Waals surface area contributed by atoms with E-state index in [9.17, 15) is 4.79 Å². The lowest BCUT2D eigenvalue weighted by atomic mass is 10.2. The van der Waals surface area contributed by atoms with Gasteiger partial charge >= 0.3 is 0 Å². The van der Waals surface area contributed by atoms with Crippen molar-refractivity contribution in [3.63, 3.8) is 0 Å². The molecule has 1 aliphatic heterocycles. The van der Waals surface area contributed by atoms with Crippen LogP contribution in [-0.4, -0.2) is 60.0 Å². The fraction of sp³-hybridized carbons (Fsp3) is 0.923. The summed E-state index contributed by atoms with van der Waals surface area (Å²) in [6, 6.07) is 1.05. The number of carbonyl (C=O) groups excluding carboxylic acids is 1. The van der Waals surface area contributed by atoms with E-state index in [0.717, 1.165) is 19.6 Å². The predicted octanol–water partition coefficient (Wildman–Crippen LogP) is 1.35. The molecule has 0 aliphatic carbocycles. The van der Waals surface area contributed by atoms with E-state index in [1.807, 2.05) is 4.90 Å². The molecular weight excluding hydrogens is 250 g/mol. The summed E-state index contributed by atoms with van der Waals surface area (Å²) in [6.45, 7) is 14.0. The highest BCUT2D eigenvalue weighted by atomic mass is 35.5. The number of rotatable bonds is 4. The van der Waals surface area contributed by atoms with Gasteiger partial charge in [0.2, 0.25) is 5.91 Å². The Hall–Kier alpha value is -0.320. The third-order valence-electron chi connectivity index (χ3n) is 3.21. The van der Waals surface area contributed by atoms with E-state index in [0.29, 0.717) is 12.6 Å². The molecule has 1 N–H and O–H groups in total. The Morgan fingerprint density at radius 2 is 1.89 bits per heavy atom. The monoisotopic (exact) mass is 277 g/mol. The highest BCUT2D eigenvalue weighted by Gasteiger charge is 2.24. The summed E-state index contributed by atoms with van der Waals surface area (Å²) < 4.78 is 0. The van der Waals surface area contributed by atoms with Crippen molar-refractivity contribution in [2.75, 3.05) is 26.2 Å². The normalized spacial score (nSPS) is 20.9. The molecule has 1 aliphatic rings. The molecule has 5 heteroatoms. The summed E-state index contributed by atoms with van der Waals surface area (Å²) in [4.78, 5) is 16.5. The van der Waals surface area contributed by atoms with Crippen LogP contribution in [0.3, 0.4) is 0 Å². The van der Waals surface area contributed by atoms with Gasteiger partial charge in [-0.1, -0.05) is 0 Å². The van der Waals surface area contributed by atoms with Crippen molar-refractivity contribution in [2.24, 2.45) is 0 Å². The molecule has 0 aromatic heterocycles. The molecule has 4 nitrogen and oxygen atoms in total. The van der Waals surface area contributed by atoms with Crippen LogP contribution in [0.4, 0.5) is 0 Å². The number of amides is 1. The van der Waals surface area contributed by atoms with Gasteiger partial charge in [-0.05, 0) is 34.6 Å². The Kier molecular flexibility index (Phi) is 7.83. The molecule has 1 unspecified atom stereocenters. The maximum absolute atomic E-state index is 12.3. The van der Waals surface area contributed by atoms with E-state index in [2.05, 4.69) is 44.8 Å². The lowest BCUT2D eigenvalue weighted by Gasteiger charge is -2.36. The van der Waals surface area contributed by atoms with Crippen LogP contribution >= 0.6 is 12.4 Å². The van der Waals surface area contributed by atoms with Crippen LogP contribution in [0.2, 0.25) is 0 Å². The van der Waals surface area contributed by atoms with E-state index in [1.165, 1.54) is 0 Å². The Morgan fingerprint density at radius 3 is 2.33 bits per heavy atom. The molecule has 0 radical (unpaired) electrons. The summed E-state index contributed by atoms with van der Waals surface area (Å²) in [5.41, 5.74) is 0. The number of hydrogen-bond donors (Lipinski definition) is 1. The van der Waals surface area contributed by atoms with Gasteiger partial charge < -0.3 is 10.2 Å². The number of piperazine rings is 1. The van der Waals surface area contributed by atoms with Gasteiger partial charge in [-0.25, -0.2) is 0 Å². The van der Waals surface area contributed by atoms with Crippen molar-refractivity contribution in [1.29, 1.82) is 0 Å². The van der Waals surface area contributed by atoms with E-state index in [-0.39, 0.29) is 30.4 Å². The standard InChI is InChI=1S/C13H27N3O.ClH/c1-10(2)16(11(3)4)13(17)9-15-7-6-14-12(5)8-15;/h10-12,14H,6-9H2,1-5H3;1H. The lowest BCUT2D eigenvalue weighted by molar-refractivity contribution is -0.136. The zero-order valence-electron chi connectivity index (χ0n) is 12.3. The second-order valence-electron chi connectivity index (χ2n) is 5.58. The van der Waals surface area contributed by atoms with Crippen LogP contribution in [0.25, 0.3) is 0 Å². The van der Waals surface area contributed by atoms with E-state index in [1.54, 1.807) is 0 Å². The van der Waals surface area contributed by atoms with Gasteiger partial charge in [-0.15, -0.1) is 12.4 Å². The molecule has 108 valence electrons. The van der Waals surface area contributed by atoms with Crippen LogP contribution < -0.4 is 5.32 Å². The summed E-state index contributed by atoms with van der Waals surface area (Å²) >= 11 is 0. The summed E-state index contributed by atoms with van der Waals surface area (Å²) in [6.07, 6.45) is 0. The number of nitrogens with one attached hydrogen (secondary N) is 1. The SMILES string of the molecule is CC1CN(CC(=O)N(C(C)C)C(C)C)CCN1.Cl. The minimum atomic E-state index is 0. The van der Waals surface area contributed by atoms with Crippen LogP contribution in [0, 0.1) is 0 Å². The van der Waals surface area contributed by atoms with Crippen molar-refractivity contribution >= 4 is 18.3 Å². The van der Waals surface area contributed by atoms with Crippen molar-refractivity contribution in [2.45, 2.75) is 52.7 Å². The molecule has 1 atom stereocenters. The first-order valence-corrected chi connectivity index (χ1v) is 6.68. The number of hydrogen-bond acceptors (Lipinski definition) is 3. The number of nitrogens with zero attached hydrogens (tertiary/aromatic N) is 2. The van der Waals surface area contributed by atoms with Gasteiger partial charge in [0.05, 0.1) is 6.54 Å². The Bertz CT molecular complexity index is 251. The molecule has 0 bridgehead atoms. The van der Waals surface area contributed by atoms with Gasteiger partial charge in [0.1, 0.15) is 0 Å². The average Bonchev–Trinajstić information content (AvgIpc) is 2.15.